The van der Waals surface area contributed by atoms with Crippen molar-refractivity contribution in [1.82, 2.24) is 5.43 Å². The van der Waals surface area contributed by atoms with Gasteiger partial charge in [-0.05, 0) is 46.6 Å². The first-order chi connectivity index (χ1) is 9.85. The molecular weight excluding hydrogens is 256 g/mol. The summed E-state index contributed by atoms with van der Waals surface area (Å²) in [6.45, 7) is 10.8. The van der Waals surface area contributed by atoms with E-state index >= 15 is 0 Å². The molecule has 1 aliphatic rings. The lowest BCUT2D eigenvalue weighted by atomic mass is 9.99. The number of nitrogens with one attached hydrogen (secondary N) is 1. The lowest BCUT2D eigenvalue weighted by Crippen LogP contribution is -2.32. The van der Waals surface area contributed by atoms with Gasteiger partial charge in [-0.1, -0.05) is 53.1 Å². The smallest absolute Gasteiger partial charge is 0.0716 e. The molecule has 0 heterocycles. The molecule has 0 radical (unpaired) electrons. The molecule has 0 spiro atoms. The summed E-state index contributed by atoms with van der Waals surface area (Å²) in [6.07, 6.45) is 4.27. The van der Waals surface area contributed by atoms with Crippen LogP contribution in [0.2, 0.25) is 0 Å². The first-order valence-electron chi connectivity index (χ1n) is 7.60. The van der Waals surface area contributed by atoms with Gasteiger partial charge in [0, 0.05) is 12.0 Å². The van der Waals surface area contributed by atoms with E-state index in [1.54, 1.807) is 0 Å². The summed E-state index contributed by atoms with van der Waals surface area (Å²) >= 11 is 0. The van der Waals surface area contributed by atoms with E-state index in [4.69, 9.17) is 5.10 Å². The Bertz CT molecular complexity index is 584. The summed E-state index contributed by atoms with van der Waals surface area (Å²) in [4.78, 5) is 0. The molecule has 112 valence electrons. The summed E-state index contributed by atoms with van der Waals surface area (Å²) in [5.74, 6) is 0. The monoisotopic (exact) mass is 282 g/mol. The Kier molecular flexibility index (Phi) is 4.66. The highest BCUT2D eigenvalue weighted by atomic mass is 15.3. The van der Waals surface area contributed by atoms with Gasteiger partial charge in [0.25, 0.3) is 0 Å². The Morgan fingerprint density at radius 3 is 2.33 bits per heavy atom. The molecule has 0 unspecified atom stereocenters. The van der Waals surface area contributed by atoms with E-state index in [2.05, 4.69) is 70.4 Å². The van der Waals surface area contributed by atoms with Gasteiger partial charge >= 0.3 is 0 Å². The van der Waals surface area contributed by atoms with Crippen molar-refractivity contribution in [3.8, 4) is 0 Å². The van der Waals surface area contributed by atoms with Gasteiger partial charge in [0.1, 0.15) is 0 Å². The maximum Gasteiger partial charge on any atom is 0.0716 e. The molecule has 0 fully saturated rings. The van der Waals surface area contributed by atoms with Gasteiger partial charge < -0.3 is 5.43 Å². The molecule has 0 atom stereocenters. The predicted molar refractivity (Wildman–Crippen MR) is 91.6 cm³/mol. The number of nitrogens with zero attached hydrogens (tertiary/aromatic N) is 1. The predicted octanol–water partition coefficient (Wildman–Crippen LogP) is 4.84. The Morgan fingerprint density at radius 2 is 1.81 bits per heavy atom. The standard InChI is InChI=1S/C19H26N2/c1-14-11-15(2)17(12-14)13-18(20-21-19(3,4)5)16-9-7-6-8-10-16/h6-11,21H,12-13H2,1-5H3. The fourth-order valence-corrected chi connectivity index (χ4v) is 2.47. The number of hydrogen-bond donors (Lipinski definition) is 1. The van der Waals surface area contributed by atoms with Crippen LogP contribution >= 0.6 is 0 Å². The molecule has 2 nitrogen and oxygen atoms in total. The summed E-state index contributed by atoms with van der Waals surface area (Å²) < 4.78 is 0. The first kappa shape index (κ1) is 15.6. The van der Waals surface area contributed by atoms with Gasteiger partial charge in [-0.3, -0.25) is 0 Å². The van der Waals surface area contributed by atoms with Crippen LogP contribution in [-0.4, -0.2) is 11.3 Å². The molecule has 0 saturated carbocycles. The molecule has 0 amide bonds. The third-order valence-electron chi connectivity index (χ3n) is 3.53. The average Bonchev–Trinajstić information content (AvgIpc) is 2.72. The molecule has 2 heteroatoms. The van der Waals surface area contributed by atoms with E-state index in [0.29, 0.717) is 0 Å². The second-order valence-electron chi connectivity index (χ2n) is 6.92. The Morgan fingerprint density at radius 1 is 1.14 bits per heavy atom. The largest absolute Gasteiger partial charge is 0.305 e. The molecule has 21 heavy (non-hydrogen) atoms. The molecule has 1 aromatic carbocycles. The topological polar surface area (TPSA) is 24.4 Å². The molecule has 1 aromatic rings. The van der Waals surface area contributed by atoms with Crippen molar-refractivity contribution in [3.05, 3.63) is 58.7 Å². The third kappa shape index (κ3) is 4.59. The second-order valence-corrected chi connectivity index (χ2v) is 6.92. The van der Waals surface area contributed by atoms with Crippen molar-refractivity contribution in [3.63, 3.8) is 0 Å². The lowest BCUT2D eigenvalue weighted by molar-refractivity contribution is 0.440. The third-order valence-corrected chi connectivity index (χ3v) is 3.53. The maximum absolute atomic E-state index is 4.70. The van der Waals surface area contributed by atoms with Gasteiger partial charge in [-0.2, -0.15) is 5.10 Å². The van der Waals surface area contributed by atoms with Crippen LogP contribution in [0.25, 0.3) is 0 Å². The highest BCUT2D eigenvalue weighted by molar-refractivity contribution is 6.02. The number of rotatable bonds is 4. The number of hydrogen-bond acceptors (Lipinski definition) is 2. The van der Waals surface area contributed by atoms with E-state index in [0.717, 1.165) is 18.6 Å². The molecule has 0 saturated heterocycles. The van der Waals surface area contributed by atoms with E-state index in [1.165, 1.54) is 22.3 Å². The molecule has 1 N–H and O–H groups in total. The fraction of sp³-hybridized carbons (Fsp3) is 0.421. The SMILES string of the molecule is CC1=CC(C)=C(CC(=NNC(C)(C)C)c2ccccc2)C1. The maximum atomic E-state index is 4.70. The summed E-state index contributed by atoms with van der Waals surface area (Å²) in [6, 6.07) is 10.5. The van der Waals surface area contributed by atoms with Crippen LogP contribution in [0, 0.1) is 0 Å². The van der Waals surface area contributed by atoms with E-state index in [-0.39, 0.29) is 5.54 Å². The highest BCUT2D eigenvalue weighted by Crippen LogP contribution is 2.28. The van der Waals surface area contributed by atoms with Crippen molar-refractivity contribution >= 4 is 5.71 Å². The van der Waals surface area contributed by atoms with Crippen LogP contribution in [0.4, 0.5) is 0 Å². The zero-order valence-corrected chi connectivity index (χ0v) is 13.8. The molecule has 0 aromatic heterocycles. The van der Waals surface area contributed by atoms with Crippen LogP contribution in [0.3, 0.4) is 0 Å². The Labute approximate surface area is 128 Å². The highest BCUT2D eigenvalue weighted by Gasteiger charge is 2.15. The van der Waals surface area contributed by atoms with Crippen LogP contribution in [0.15, 0.2) is 58.2 Å². The van der Waals surface area contributed by atoms with Gasteiger partial charge in [-0.25, -0.2) is 0 Å². The first-order valence-corrected chi connectivity index (χ1v) is 7.60. The van der Waals surface area contributed by atoms with Crippen molar-refractivity contribution < 1.29 is 0 Å². The number of hydrazone groups is 1. The minimum atomic E-state index is -0.0205. The van der Waals surface area contributed by atoms with Gasteiger partial charge in [0.2, 0.25) is 0 Å². The van der Waals surface area contributed by atoms with Crippen molar-refractivity contribution in [2.75, 3.05) is 0 Å². The van der Waals surface area contributed by atoms with E-state index in [1.807, 2.05) is 6.07 Å². The molecule has 1 aliphatic carbocycles. The second kappa shape index (κ2) is 6.30. The van der Waals surface area contributed by atoms with E-state index < -0.39 is 0 Å². The minimum absolute atomic E-state index is 0.0205. The van der Waals surface area contributed by atoms with Crippen LogP contribution in [-0.2, 0) is 0 Å². The van der Waals surface area contributed by atoms with Gasteiger partial charge in [-0.15, -0.1) is 0 Å². The molecule has 2 rings (SSSR count). The number of allylic oxidation sites excluding steroid dienone is 4. The molecule has 0 bridgehead atoms. The normalized spacial score (nSPS) is 16.2. The van der Waals surface area contributed by atoms with Crippen LogP contribution in [0.1, 0.15) is 53.0 Å². The minimum Gasteiger partial charge on any atom is -0.305 e. The quantitative estimate of drug-likeness (QED) is 0.620. The van der Waals surface area contributed by atoms with Crippen molar-refractivity contribution in [2.24, 2.45) is 5.10 Å². The Balaban J connectivity index is 2.24. The van der Waals surface area contributed by atoms with Crippen LogP contribution < -0.4 is 5.43 Å². The van der Waals surface area contributed by atoms with Crippen molar-refractivity contribution in [2.45, 2.75) is 53.0 Å². The lowest BCUT2D eigenvalue weighted by Gasteiger charge is -2.19. The average molecular weight is 282 g/mol. The molecule has 0 aliphatic heterocycles. The van der Waals surface area contributed by atoms with Crippen LogP contribution in [0.5, 0.6) is 0 Å². The fourth-order valence-electron chi connectivity index (χ4n) is 2.47. The van der Waals surface area contributed by atoms with Gasteiger partial charge in [0.15, 0.2) is 0 Å². The zero-order valence-electron chi connectivity index (χ0n) is 13.8. The van der Waals surface area contributed by atoms with E-state index in [9.17, 15) is 0 Å². The Hall–Kier alpha value is -1.83. The van der Waals surface area contributed by atoms with Crippen molar-refractivity contribution in [1.29, 1.82) is 0 Å². The zero-order chi connectivity index (χ0) is 15.5. The number of benzene rings is 1. The summed E-state index contributed by atoms with van der Waals surface area (Å²) in [5, 5.41) is 4.70. The summed E-state index contributed by atoms with van der Waals surface area (Å²) in [7, 11) is 0. The van der Waals surface area contributed by atoms with Gasteiger partial charge in [0.05, 0.1) is 5.71 Å². The summed E-state index contributed by atoms with van der Waals surface area (Å²) in [5.41, 5.74) is 9.87. The molecular formula is C19H26N2.